The van der Waals surface area contributed by atoms with E-state index in [2.05, 4.69) is 63.4 Å². The number of likely N-dealkylation sites (N-methyl/N-ethyl adjacent to an activating group) is 1. The first-order valence-corrected chi connectivity index (χ1v) is 11.8. The zero-order valence-electron chi connectivity index (χ0n) is 20.6. The molecule has 0 aliphatic carbocycles. The first-order valence-electron chi connectivity index (χ1n) is 11.8. The molecule has 0 radical (unpaired) electrons. The molecule has 1 fully saturated rings. The molecule has 186 valence electrons. The number of aromatic nitrogens is 2. The Morgan fingerprint density at radius 3 is 2.17 bits per heavy atom. The number of ether oxygens (including phenoxy) is 1. The molecule has 1 amide bonds. The molecular weight excluding hydrogens is 462 g/mol. The first kappa shape index (κ1) is 26.4. The third kappa shape index (κ3) is 6.71. The highest BCUT2D eigenvalue weighted by Crippen LogP contribution is 2.22. The number of benzene rings is 2. The summed E-state index contributed by atoms with van der Waals surface area (Å²) in [6.45, 7) is 6.38. The molecule has 1 aliphatic heterocycles. The van der Waals surface area contributed by atoms with Gasteiger partial charge in [-0.1, -0.05) is 54.6 Å². The van der Waals surface area contributed by atoms with Crippen LogP contribution in [0.25, 0.3) is 11.1 Å². The van der Waals surface area contributed by atoms with E-state index in [1.54, 1.807) is 13.8 Å². The number of aryl methyl sites for hydroxylation is 2. The quantitative estimate of drug-likeness (QED) is 0.527. The standard InChI is InChI=1S/C27H33N5O2.ClH/c1-19-26(28)20(2)30-27(29-19)34-18-25(33)31(3)24-13-15-32(16-14-24)17-21-9-11-23(12-10-21)22-7-5-4-6-8-22;/h4-12,24H,13-18,28H2,1-3H3;1H. The lowest BCUT2D eigenvalue weighted by Crippen LogP contribution is -2.46. The number of piperidine rings is 1. The SMILES string of the molecule is Cc1nc(OCC(=O)N(C)C2CCN(Cc3ccc(-c4ccccc4)cc3)CC2)nc(C)c1N.Cl. The Bertz CT molecular complexity index is 1090. The van der Waals surface area contributed by atoms with Gasteiger partial charge >= 0.3 is 6.01 Å². The molecule has 0 unspecified atom stereocenters. The van der Waals surface area contributed by atoms with Crippen molar-refractivity contribution in [1.82, 2.24) is 19.8 Å². The second kappa shape index (κ2) is 12.0. The van der Waals surface area contributed by atoms with Crippen LogP contribution in [0.4, 0.5) is 5.69 Å². The molecule has 1 aromatic heterocycles. The lowest BCUT2D eigenvalue weighted by Gasteiger charge is -2.36. The van der Waals surface area contributed by atoms with Crippen molar-refractivity contribution in [1.29, 1.82) is 0 Å². The summed E-state index contributed by atoms with van der Waals surface area (Å²) < 4.78 is 5.56. The summed E-state index contributed by atoms with van der Waals surface area (Å²) >= 11 is 0. The van der Waals surface area contributed by atoms with Crippen LogP contribution in [0.3, 0.4) is 0 Å². The number of carbonyl (C=O) groups is 1. The minimum absolute atomic E-state index is 0. The van der Waals surface area contributed by atoms with E-state index in [1.807, 2.05) is 18.0 Å². The molecule has 4 rings (SSSR count). The fourth-order valence-corrected chi connectivity index (χ4v) is 4.35. The third-order valence-corrected chi connectivity index (χ3v) is 6.60. The molecule has 35 heavy (non-hydrogen) atoms. The highest BCUT2D eigenvalue weighted by Gasteiger charge is 2.26. The van der Waals surface area contributed by atoms with E-state index in [9.17, 15) is 4.79 Å². The molecule has 2 heterocycles. The minimum Gasteiger partial charge on any atom is -0.453 e. The zero-order valence-corrected chi connectivity index (χ0v) is 21.4. The number of nitrogens with zero attached hydrogens (tertiary/aromatic N) is 4. The summed E-state index contributed by atoms with van der Waals surface area (Å²) in [5.74, 6) is -0.0642. The Morgan fingerprint density at radius 2 is 1.57 bits per heavy atom. The molecule has 0 atom stereocenters. The summed E-state index contributed by atoms with van der Waals surface area (Å²) in [6, 6.07) is 19.6. The predicted molar refractivity (Wildman–Crippen MR) is 142 cm³/mol. The van der Waals surface area contributed by atoms with Gasteiger partial charge in [0.25, 0.3) is 5.91 Å². The van der Waals surface area contributed by atoms with Crippen LogP contribution in [0.15, 0.2) is 54.6 Å². The van der Waals surface area contributed by atoms with E-state index in [0.717, 1.165) is 32.5 Å². The number of hydrogen-bond acceptors (Lipinski definition) is 6. The summed E-state index contributed by atoms with van der Waals surface area (Å²) in [4.78, 5) is 25.4. The molecule has 1 aliphatic rings. The van der Waals surface area contributed by atoms with Gasteiger partial charge in [-0.15, -0.1) is 12.4 Å². The third-order valence-electron chi connectivity index (χ3n) is 6.60. The summed E-state index contributed by atoms with van der Waals surface area (Å²) in [7, 11) is 1.86. The molecule has 2 N–H and O–H groups in total. The maximum Gasteiger partial charge on any atom is 0.317 e. The summed E-state index contributed by atoms with van der Waals surface area (Å²) in [5, 5.41) is 0. The fraction of sp³-hybridized carbons (Fsp3) is 0.370. The Labute approximate surface area is 213 Å². The predicted octanol–water partition coefficient (Wildman–Crippen LogP) is 4.27. The second-order valence-corrected chi connectivity index (χ2v) is 8.95. The number of likely N-dealkylation sites (tertiary alicyclic amines) is 1. The normalized spacial score (nSPS) is 14.3. The van der Waals surface area contributed by atoms with E-state index >= 15 is 0 Å². The Kier molecular flexibility index (Phi) is 9.07. The van der Waals surface area contributed by atoms with Crippen molar-refractivity contribution in [3.63, 3.8) is 0 Å². The minimum atomic E-state index is -0.0761. The van der Waals surface area contributed by atoms with Gasteiger partial charge in [-0.05, 0) is 43.4 Å². The van der Waals surface area contributed by atoms with Gasteiger partial charge in [0.05, 0.1) is 17.1 Å². The van der Waals surface area contributed by atoms with Crippen LogP contribution >= 0.6 is 12.4 Å². The van der Waals surface area contributed by atoms with Crippen LogP contribution in [0.1, 0.15) is 29.8 Å². The number of nitrogens with two attached hydrogens (primary N) is 1. The monoisotopic (exact) mass is 495 g/mol. The van der Waals surface area contributed by atoms with Gasteiger partial charge in [-0.2, -0.15) is 9.97 Å². The van der Waals surface area contributed by atoms with Crippen molar-refractivity contribution in [2.45, 2.75) is 39.3 Å². The Hall–Kier alpha value is -3.16. The van der Waals surface area contributed by atoms with Gasteiger partial charge in [0.2, 0.25) is 0 Å². The maximum absolute atomic E-state index is 12.7. The maximum atomic E-state index is 12.7. The second-order valence-electron chi connectivity index (χ2n) is 8.95. The number of carbonyl (C=O) groups excluding carboxylic acids is 1. The van der Waals surface area contributed by atoms with Gasteiger partial charge in [0.15, 0.2) is 6.61 Å². The smallest absolute Gasteiger partial charge is 0.317 e. The lowest BCUT2D eigenvalue weighted by atomic mass is 10.0. The average molecular weight is 496 g/mol. The van der Waals surface area contributed by atoms with Gasteiger partial charge in [-0.25, -0.2) is 0 Å². The number of amides is 1. The number of anilines is 1. The molecule has 3 aromatic rings. The first-order chi connectivity index (χ1) is 16.4. The Balaban J connectivity index is 0.00000342. The van der Waals surface area contributed by atoms with E-state index in [1.165, 1.54) is 16.7 Å². The van der Waals surface area contributed by atoms with Crippen LogP contribution in [0, 0.1) is 13.8 Å². The van der Waals surface area contributed by atoms with Crippen LogP contribution in [-0.2, 0) is 11.3 Å². The van der Waals surface area contributed by atoms with Crippen molar-refractivity contribution in [3.05, 3.63) is 71.5 Å². The highest BCUT2D eigenvalue weighted by atomic mass is 35.5. The molecule has 0 spiro atoms. The largest absolute Gasteiger partial charge is 0.453 e. The molecule has 7 nitrogen and oxygen atoms in total. The van der Waals surface area contributed by atoms with Crippen molar-refractivity contribution in [2.75, 3.05) is 32.5 Å². The molecule has 0 bridgehead atoms. The fourth-order valence-electron chi connectivity index (χ4n) is 4.35. The van der Waals surface area contributed by atoms with E-state index < -0.39 is 0 Å². The number of hydrogen-bond donors (Lipinski definition) is 1. The van der Waals surface area contributed by atoms with Crippen LogP contribution in [0.5, 0.6) is 6.01 Å². The van der Waals surface area contributed by atoms with Gasteiger partial charge < -0.3 is 15.4 Å². The van der Waals surface area contributed by atoms with Crippen molar-refractivity contribution in [2.24, 2.45) is 0 Å². The van der Waals surface area contributed by atoms with Gasteiger partial charge in [0.1, 0.15) is 0 Å². The Morgan fingerprint density at radius 1 is 1.00 bits per heavy atom. The number of nitrogen functional groups attached to an aromatic ring is 1. The lowest BCUT2D eigenvalue weighted by molar-refractivity contribution is -0.135. The van der Waals surface area contributed by atoms with Crippen LogP contribution in [-0.4, -0.2) is 58.5 Å². The number of rotatable bonds is 7. The summed E-state index contributed by atoms with van der Waals surface area (Å²) in [6.07, 6.45) is 1.89. The molecule has 8 heteroatoms. The van der Waals surface area contributed by atoms with E-state index in [4.69, 9.17) is 10.5 Å². The zero-order chi connectivity index (χ0) is 24.1. The topological polar surface area (TPSA) is 84.6 Å². The van der Waals surface area contributed by atoms with Crippen LogP contribution < -0.4 is 10.5 Å². The van der Waals surface area contributed by atoms with Gasteiger partial charge in [0, 0.05) is 32.7 Å². The van der Waals surface area contributed by atoms with Crippen LogP contribution in [0.2, 0.25) is 0 Å². The molecular formula is C27H34ClN5O2. The van der Waals surface area contributed by atoms with Crippen molar-refractivity contribution < 1.29 is 9.53 Å². The van der Waals surface area contributed by atoms with Crippen molar-refractivity contribution >= 4 is 24.0 Å². The highest BCUT2D eigenvalue weighted by molar-refractivity contribution is 5.85. The average Bonchev–Trinajstić information content (AvgIpc) is 2.86. The van der Waals surface area contributed by atoms with E-state index in [-0.39, 0.29) is 37.0 Å². The van der Waals surface area contributed by atoms with Gasteiger partial charge in [-0.3, -0.25) is 9.69 Å². The summed E-state index contributed by atoms with van der Waals surface area (Å²) in [5.41, 5.74) is 11.5. The number of halogens is 1. The molecule has 1 saturated heterocycles. The molecule has 2 aromatic carbocycles. The van der Waals surface area contributed by atoms with Crippen molar-refractivity contribution in [3.8, 4) is 17.1 Å². The molecule has 0 saturated carbocycles. The van der Waals surface area contributed by atoms with E-state index in [0.29, 0.717) is 17.1 Å².